The van der Waals surface area contributed by atoms with Gasteiger partial charge in [0.25, 0.3) is 0 Å². The van der Waals surface area contributed by atoms with E-state index in [2.05, 4.69) is 26.8 Å². The van der Waals surface area contributed by atoms with E-state index in [0.29, 0.717) is 0 Å². The van der Waals surface area contributed by atoms with Gasteiger partial charge < -0.3 is 15.0 Å². The van der Waals surface area contributed by atoms with E-state index < -0.39 is 0 Å². The maximum absolute atomic E-state index is 9.58. The Kier molecular flexibility index (Phi) is 6.45. The molecule has 3 aromatic rings. The van der Waals surface area contributed by atoms with Crippen LogP contribution in [0.25, 0.3) is 22.4 Å². The first kappa shape index (κ1) is 19.9. The number of fused-ring (bicyclic) bond motifs is 1. The number of pyridine rings is 1. The summed E-state index contributed by atoms with van der Waals surface area (Å²) in [7, 11) is 0. The molecule has 2 N–H and O–H groups in total. The number of para-hydroxylation sites is 2. The molecule has 3 heterocycles. The van der Waals surface area contributed by atoms with Crippen molar-refractivity contribution in [2.24, 2.45) is 5.92 Å². The number of piperidine rings is 1. The summed E-state index contributed by atoms with van der Waals surface area (Å²) >= 11 is 0. The van der Waals surface area contributed by atoms with Crippen LogP contribution in [0.15, 0.2) is 42.6 Å². The number of aromatic nitrogens is 3. The number of rotatable bonds is 2. The Morgan fingerprint density at radius 2 is 1.72 bits per heavy atom. The number of aliphatic hydroxyl groups excluding tert-OH is 1. The van der Waals surface area contributed by atoms with E-state index in [0.717, 1.165) is 60.1 Å². The molecule has 5 heteroatoms. The summed E-state index contributed by atoms with van der Waals surface area (Å²) in [5.74, 6) is 2.84. The average molecular weight is 393 g/mol. The molecule has 1 aromatic carbocycles. The average Bonchev–Trinajstić information content (AvgIpc) is 3.20. The molecule has 0 spiro atoms. The zero-order chi connectivity index (χ0) is 20.1. The van der Waals surface area contributed by atoms with Gasteiger partial charge in [-0.3, -0.25) is 0 Å². The third-order valence-electron chi connectivity index (χ3n) is 6.09. The highest BCUT2D eigenvalue weighted by Crippen LogP contribution is 2.23. The first-order valence-corrected chi connectivity index (χ1v) is 11.0. The van der Waals surface area contributed by atoms with Crippen LogP contribution in [0.2, 0.25) is 0 Å². The van der Waals surface area contributed by atoms with Crippen LogP contribution in [-0.4, -0.2) is 39.3 Å². The monoisotopic (exact) mass is 392 g/mol. The molecule has 1 saturated carbocycles. The number of imidazole rings is 1. The van der Waals surface area contributed by atoms with Crippen molar-refractivity contribution in [1.29, 1.82) is 0 Å². The van der Waals surface area contributed by atoms with Gasteiger partial charge in [0.15, 0.2) is 0 Å². The standard InChI is InChI=1S/C17H18N4O.C7H14/c22-13-7-9-21(10-8-13)16-6-5-12(11-18-16)17-19-14-3-1-2-4-15(14)20-17;1-7-5-3-2-4-6-7/h1-6,11,13,22H,7-10H2,(H,19,20);7H,2-6H2,1H3. The molecular formula is C24H32N4O. The lowest BCUT2D eigenvalue weighted by molar-refractivity contribution is 0.145. The molecule has 0 amide bonds. The Hall–Kier alpha value is -2.40. The molecular weight excluding hydrogens is 360 g/mol. The molecule has 0 atom stereocenters. The molecule has 5 nitrogen and oxygen atoms in total. The van der Waals surface area contributed by atoms with Gasteiger partial charge in [0, 0.05) is 24.8 Å². The summed E-state index contributed by atoms with van der Waals surface area (Å²) in [6, 6.07) is 12.1. The van der Waals surface area contributed by atoms with Gasteiger partial charge in [-0.1, -0.05) is 51.2 Å². The molecule has 2 fully saturated rings. The van der Waals surface area contributed by atoms with Crippen molar-refractivity contribution in [3.63, 3.8) is 0 Å². The van der Waals surface area contributed by atoms with E-state index in [1.54, 1.807) is 0 Å². The summed E-state index contributed by atoms with van der Waals surface area (Å²) < 4.78 is 0. The summed E-state index contributed by atoms with van der Waals surface area (Å²) in [6.45, 7) is 4.08. The molecule has 1 aliphatic heterocycles. The number of anilines is 1. The van der Waals surface area contributed by atoms with E-state index >= 15 is 0 Å². The Labute approximate surface area is 173 Å². The van der Waals surface area contributed by atoms with Crippen LogP contribution in [0.3, 0.4) is 0 Å². The third-order valence-corrected chi connectivity index (χ3v) is 6.09. The fourth-order valence-corrected chi connectivity index (χ4v) is 4.20. The van der Waals surface area contributed by atoms with E-state index in [1.807, 2.05) is 42.6 Å². The van der Waals surface area contributed by atoms with Gasteiger partial charge in [-0.2, -0.15) is 0 Å². The number of hydrogen-bond donors (Lipinski definition) is 2. The van der Waals surface area contributed by atoms with Crippen LogP contribution in [0.4, 0.5) is 5.82 Å². The zero-order valence-corrected chi connectivity index (χ0v) is 17.3. The van der Waals surface area contributed by atoms with Crippen LogP contribution in [0.5, 0.6) is 0 Å². The van der Waals surface area contributed by atoms with Crippen LogP contribution in [-0.2, 0) is 0 Å². The lowest BCUT2D eigenvalue weighted by Gasteiger charge is -2.30. The number of hydrogen-bond acceptors (Lipinski definition) is 4. The minimum absolute atomic E-state index is 0.161. The molecule has 0 radical (unpaired) electrons. The maximum Gasteiger partial charge on any atom is 0.140 e. The lowest BCUT2D eigenvalue weighted by atomic mass is 9.91. The number of H-pyrrole nitrogens is 1. The van der Waals surface area contributed by atoms with Gasteiger partial charge in [0.05, 0.1) is 17.1 Å². The van der Waals surface area contributed by atoms with E-state index in [4.69, 9.17) is 0 Å². The van der Waals surface area contributed by atoms with Gasteiger partial charge in [-0.25, -0.2) is 9.97 Å². The van der Waals surface area contributed by atoms with Crippen LogP contribution in [0.1, 0.15) is 51.9 Å². The minimum Gasteiger partial charge on any atom is -0.393 e. The van der Waals surface area contributed by atoms with Crippen LogP contribution < -0.4 is 4.90 Å². The smallest absolute Gasteiger partial charge is 0.140 e. The lowest BCUT2D eigenvalue weighted by Crippen LogP contribution is -2.36. The topological polar surface area (TPSA) is 65.0 Å². The molecule has 5 rings (SSSR count). The largest absolute Gasteiger partial charge is 0.393 e. The molecule has 1 aliphatic carbocycles. The molecule has 0 unspecified atom stereocenters. The highest BCUT2D eigenvalue weighted by Gasteiger charge is 2.18. The first-order valence-electron chi connectivity index (χ1n) is 11.0. The van der Waals surface area contributed by atoms with E-state index in [-0.39, 0.29) is 6.10 Å². The van der Waals surface area contributed by atoms with Gasteiger partial charge in [-0.15, -0.1) is 0 Å². The molecule has 1 saturated heterocycles. The number of benzene rings is 1. The fourth-order valence-electron chi connectivity index (χ4n) is 4.20. The van der Waals surface area contributed by atoms with Crippen molar-refractivity contribution in [2.45, 2.75) is 58.0 Å². The van der Waals surface area contributed by atoms with Crippen molar-refractivity contribution < 1.29 is 5.11 Å². The Morgan fingerprint density at radius 3 is 2.34 bits per heavy atom. The predicted octanol–water partition coefficient (Wildman–Crippen LogP) is 5.17. The van der Waals surface area contributed by atoms with Crippen molar-refractivity contribution in [3.05, 3.63) is 42.6 Å². The second-order valence-electron chi connectivity index (χ2n) is 8.47. The molecule has 2 aromatic heterocycles. The molecule has 29 heavy (non-hydrogen) atoms. The minimum atomic E-state index is -0.161. The zero-order valence-electron chi connectivity index (χ0n) is 17.3. The Morgan fingerprint density at radius 1 is 0.966 bits per heavy atom. The second-order valence-corrected chi connectivity index (χ2v) is 8.47. The normalized spacial score (nSPS) is 18.5. The van der Waals surface area contributed by atoms with E-state index in [1.165, 1.54) is 32.1 Å². The van der Waals surface area contributed by atoms with Gasteiger partial charge >= 0.3 is 0 Å². The van der Waals surface area contributed by atoms with Crippen LogP contribution >= 0.6 is 0 Å². The van der Waals surface area contributed by atoms with Gasteiger partial charge in [-0.05, 0) is 43.0 Å². The third kappa shape index (κ3) is 5.15. The van der Waals surface area contributed by atoms with E-state index in [9.17, 15) is 5.11 Å². The summed E-state index contributed by atoms with van der Waals surface area (Å²) in [5, 5.41) is 9.58. The predicted molar refractivity (Wildman–Crippen MR) is 119 cm³/mol. The number of aliphatic hydroxyl groups is 1. The van der Waals surface area contributed by atoms with Gasteiger partial charge in [0.1, 0.15) is 11.6 Å². The van der Waals surface area contributed by atoms with Crippen molar-refractivity contribution in [1.82, 2.24) is 15.0 Å². The molecule has 0 bridgehead atoms. The highest BCUT2D eigenvalue weighted by atomic mass is 16.3. The second kappa shape index (κ2) is 9.40. The summed E-state index contributed by atoms with van der Waals surface area (Å²) in [5.41, 5.74) is 2.98. The first-order chi connectivity index (χ1) is 14.2. The quantitative estimate of drug-likeness (QED) is 0.631. The summed E-state index contributed by atoms with van der Waals surface area (Å²) in [4.78, 5) is 14.7. The fraction of sp³-hybridized carbons (Fsp3) is 0.500. The van der Waals surface area contributed by atoms with Crippen molar-refractivity contribution in [3.8, 4) is 11.4 Å². The number of aromatic amines is 1. The summed E-state index contributed by atoms with van der Waals surface area (Å²) in [6.07, 6.45) is 10.8. The van der Waals surface area contributed by atoms with Crippen molar-refractivity contribution in [2.75, 3.05) is 18.0 Å². The highest BCUT2D eigenvalue weighted by molar-refractivity contribution is 5.79. The molecule has 154 valence electrons. The maximum atomic E-state index is 9.58. The number of nitrogens with one attached hydrogen (secondary N) is 1. The van der Waals surface area contributed by atoms with Gasteiger partial charge in [0.2, 0.25) is 0 Å². The number of nitrogens with zero attached hydrogens (tertiary/aromatic N) is 3. The Bertz CT molecular complexity index is 858. The molecule has 2 aliphatic rings. The van der Waals surface area contributed by atoms with Crippen LogP contribution in [0, 0.1) is 5.92 Å². The Balaban J connectivity index is 0.000000249. The van der Waals surface area contributed by atoms with Crippen molar-refractivity contribution >= 4 is 16.9 Å². The SMILES string of the molecule is CC1CCCCC1.OC1CCN(c2ccc(-c3nc4ccccc4[nH]3)cn2)CC1.